The van der Waals surface area contributed by atoms with E-state index in [9.17, 15) is 4.79 Å². The molecule has 0 saturated carbocycles. The highest BCUT2D eigenvalue weighted by atomic mass is 16.2. The number of nitrogens with zero attached hydrogens (tertiary/aromatic N) is 2. The van der Waals surface area contributed by atoms with Crippen molar-refractivity contribution in [2.45, 2.75) is 44.4 Å². The van der Waals surface area contributed by atoms with Crippen LogP contribution < -0.4 is 0 Å². The Hall–Kier alpha value is -1.35. The predicted molar refractivity (Wildman–Crippen MR) is 90.0 cm³/mol. The van der Waals surface area contributed by atoms with Crippen molar-refractivity contribution in [2.24, 2.45) is 0 Å². The Bertz CT molecular complexity index is 506. The summed E-state index contributed by atoms with van der Waals surface area (Å²) in [6, 6.07) is 8.43. The van der Waals surface area contributed by atoms with Crippen LogP contribution in [0.1, 0.15) is 49.1 Å². The van der Waals surface area contributed by atoms with Crippen molar-refractivity contribution in [1.29, 1.82) is 0 Å². The number of likely N-dealkylation sites (N-methyl/N-ethyl adjacent to an activating group) is 1. The molecule has 0 N–H and O–H groups in total. The summed E-state index contributed by atoms with van der Waals surface area (Å²) in [5.41, 5.74) is 2.62. The van der Waals surface area contributed by atoms with E-state index in [1.165, 1.54) is 49.9 Å². The fraction of sp³-hybridized carbons (Fsp3) is 0.632. The molecule has 0 radical (unpaired) electrons. The Morgan fingerprint density at radius 1 is 1.18 bits per heavy atom. The van der Waals surface area contributed by atoms with Gasteiger partial charge in [0.05, 0.1) is 5.92 Å². The molecule has 3 nitrogen and oxygen atoms in total. The Kier molecular flexibility index (Phi) is 5.14. The number of benzene rings is 1. The Balaban J connectivity index is 1.54. The summed E-state index contributed by atoms with van der Waals surface area (Å²) >= 11 is 0. The first kappa shape index (κ1) is 15.5. The largest absolute Gasteiger partial charge is 0.344 e. The second kappa shape index (κ2) is 7.28. The summed E-state index contributed by atoms with van der Waals surface area (Å²) in [5, 5.41) is 0. The molecule has 1 heterocycles. The lowest BCUT2D eigenvalue weighted by Crippen LogP contribution is -2.38. The lowest BCUT2D eigenvalue weighted by atomic mass is 10.00. The number of aryl methyl sites for hydroxylation is 1. The molecule has 120 valence electrons. The molecule has 3 heteroatoms. The number of carbonyl (C=O) groups excluding carboxylic acids is 1. The van der Waals surface area contributed by atoms with Crippen molar-refractivity contribution in [1.82, 2.24) is 9.80 Å². The van der Waals surface area contributed by atoms with E-state index in [1.54, 1.807) is 0 Å². The van der Waals surface area contributed by atoms with Crippen LogP contribution in [0.4, 0.5) is 0 Å². The van der Waals surface area contributed by atoms with Crippen LogP contribution >= 0.6 is 0 Å². The van der Waals surface area contributed by atoms with Gasteiger partial charge < -0.3 is 9.80 Å². The Morgan fingerprint density at radius 2 is 1.91 bits per heavy atom. The average molecular weight is 300 g/mol. The van der Waals surface area contributed by atoms with Crippen LogP contribution in [0.5, 0.6) is 0 Å². The summed E-state index contributed by atoms with van der Waals surface area (Å²) in [6.07, 6.45) is 7.38. The van der Waals surface area contributed by atoms with Crippen LogP contribution in [-0.2, 0) is 11.2 Å². The van der Waals surface area contributed by atoms with Gasteiger partial charge in [0.25, 0.3) is 0 Å². The maximum absolute atomic E-state index is 12.8. The second-order valence-electron chi connectivity index (χ2n) is 6.81. The Morgan fingerprint density at radius 3 is 2.68 bits per heavy atom. The van der Waals surface area contributed by atoms with E-state index >= 15 is 0 Å². The van der Waals surface area contributed by atoms with E-state index in [0.717, 1.165) is 25.9 Å². The van der Waals surface area contributed by atoms with E-state index < -0.39 is 0 Å². The molecule has 2 aliphatic rings. The summed E-state index contributed by atoms with van der Waals surface area (Å²) < 4.78 is 0. The average Bonchev–Trinajstić information content (AvgIpc) is 2.80. The quantitative estimate of drug-likeness (QED) is 0.853. The maximum atomic E-state index is 12.8. The van der Waals surface area contributed by atoms with Gasteiger partial charge in [-0.2, -0.15) is 0 Å². The highest BCUT2D eigenvalue weighted by molar-refractivity contribution is 5.84. The predicted octanol–water partition coefficient (Wildman–Crippen LogP) is 3.05. The summed E-state index contributed by atoms with van der Waals surface area (Å²) in [6.45, 7) is 4.29. The van der Waals surface area contributed by atoms with E-state index in [0.29, 0.717) is 5.91 Å². The van der Waals surface area contributed by atoms with Crippen molar-refractivity contribution in [2.75, 3.05) is 33.2 Å². The first-order valence-electron chi connectivity index (χ1n) is 8.81. The van der Waals surface area contributed by atoms with Gasteiger partial charge in [0.15, 0.2) is 0 Å². The van der Waals surface area contributed by atoms with Gasteiger partial charge in [0.1, 0.15) is 0 Å². The van der Waals surface area contributed by atoms with Crippen molar-refractivity contribution >= 4 is 5.91 Å². The summed E-state index contributed by atoms with van der Waals surface area (Å²) in [4.78, 5) is 17.2. The third-order valence-electron chi connectivity index (χ3n) is 5.26. The molecule has 0 unspecified atom stereocenters. The van der Waals surface area contributed by atoms with Crippen molar-refractivity contribution in [3.05, 3.63) is 35.4 Å². The standard InChI is InChI=1S/C19H28N2O/c1-20(14-15-21-12-6-2-3-7-13-21)19(22)18-11-10-16-8-4-5-9-17(16)18/h4-5,8-9,18H,2-3,6-7,10-15H2,1H3/t18-/m1/s1. The fourth-order valence-corrected chi connectivity index (χ4v) is 3.84. The van der Waals surface area contributed by atoms with Gasteiger partial charge in [-0.25, -0.2) is 0 Å². The highest BCUT2D eigenvalue weighted by Crippen LogP contribution is 2.33. The zero-order chi connectivity index (χ0) is 15.4. The number of amides is 1. The molecule has 1 aromatic rings. The molecule has 1 fully saturated rings. The molecule has 22 heavy (non-hydrogen) atoms. The Labute approximate surface area is 134 Å². The zero-order valence-electron chi connectivity index (χ0n) is 13.8. The maximum Gasteiger partial charge on any atom is 0.229 e. The lowest BCUT2D eigenvalue weighted by molar-refractivity contribution is -0.131. The third-order valence-corrected chi connectivity index (χ3v) is 5.26. The fourth-order valence-electron chi connectivity index (χ4n) is 3.84. The lowest BCUT2D eigenvalue weighted by Gasteiger charge is -2.26. The first-order valence-corrected chi connectivity index (χ1v) is 8.81. The van der Waals surface area contributed by atoms with Crippen LogP contribution in [0, 0.1) is 0 Å². The number of carbonyl (C=O) groups is 1. The van der Waals surface area contributed by atoms with Gasteiger partial charge in [-0.1, -0.05) is 37.1 Å². The molecule has 0 aromatic heterocycles. The topological polar surface area (TPSA) is 23.6 Å². The van der Waals surface area contributed by atoms with E-state index in [4.69, 9.17) is 0 Å². The van der Waals surface area contributed by atoms with Gasteiger partial charge in [0.2, 0.25) is 5.91 Å². The number of rotatable bonds is 4. The van der Waals surface area contributed by atoms with Crippen LogP contribution in [0.15, 0.2) is 24.3 Å². The van der Waals surface area contributed by atoms with Gasteiger partial charge >= 0.3 is 0 Å². The summed E-state index contributed by atoms with van der Waals surface area (Å²) in [7, 11) is 1.97. The molecular formula is C19H28N2O. The molecule has 1 saturated heterocycles. The molecule has 1 aliphatic heterocycles. The van der Waals surface area contributed by atoms with Gasteiger partial charge in [-0.05, 0) is 49.9 Å². The van der Waals surface area contributed by atoms with Crippen LogP contribution in [0.3, 0.4) is 0 Å². The highest BCUT2D eigenvalue weighted by Gasteiger charge is 2.30. The van der Waals surface area contributed by atoms with Crippen molar-refractivity contribution < 1.29 is 4.79 Å². The monoisotopic (exact) mass is 300 g/mol. The van der Waals surface area contributed by atoms with Crippen LogP contribution in [0.2, 0.25) is 0 Å². The number of hydrogen-bond donors (Lipinski definition) is 0. The van der Waals surface area contributed by atoms with Crippen LogP contribution in [-0.4, -0.2) is 48.9 Å². The SMILES string of the molecule is CN(CCN1CCCCCC1)C(=O)[C@@H]1CCc2ccccc21. The molecule has 3 rings (SSSR count). The zero-order valence-corrected chi connectivity index (χ0v) is 13.8. The number of likely N-dealkylation sites (tertiary alicyclic amines) is 1. The third kappa shape index (κ3) is 3.52. The van der Waals surface area contributed by atoms with E-state index in [-0.39, 0.29) is 5.92 Å². The molecule has 1 aromatic carbocycles. The van der Waals surface area contributed by atoms with Crippen molar-refractivity contribution in [3.63, 3.8) is 0 Å². The molecule has 1 aliphatic carbocycles. The van der Waals surface area contributed by atoms with Gasteiger partial charge in [-0.3, -0.25) is 4.79 Å². The molecule has 0 bridgehead atoms. The number of fused-ring (bicyclic) bond motifs is 1. The minimum absolute atomic E-state index is 0.0883. The van der Waals surface area contributed by atoms with E-state index in [2.05, 4.69) is 29.2 Å². The molecule has 1 amide bonds. The normalized spacial score (nSPS) is 22.1. The van der Waals surface area contributed by atoms with Crippen LogP contribution in [0.25, 0.3) is 0 Å². The second-order valence-corrected chi connectivity index (χ2v) is 6.81. The van der Waals surface area contributed by atoms with E-state index in [1.807, 2.05) is 11.9 Å². The van der Waals surface area contributed by atoms with Gasteiger partial charge in [0, 0.05) is 20.1 Å². The first-order chi connectivity index (χ1) is 10.8. The minimum Gasteiger partial charge on any atom is -0.344 e. The molecule has 1 atom stereocenters. The minimum atomic E-state index is 0.0883. The molecular weight excluding hydrogens is 272 g/mol. The molecule has 0 spiro atoms. The summed E-state index contributed by atoms with van der Waals surface area (Å²) in [5.74, 6) is 0.394. The van der Waals surface area contributed by atoms with Gasteiger partial charge in [-0.15, -0.1) is 0 Å². The van der Waals surface area contributed by atoms with Crippen molar-refractivity contribution in [3.8, 4) is 0 Å². The smallest absolute Gasteiger partial charge is 0.229 e. The number of hydrogen-bond acceptors (Lipinski definition) is 2.